The molecule has 1 aliphatic rings. The van der Waals surface area contributed by atoms with E-state index in [4.69, 9.17) is 4.74 Å². The molecule has 3 aromatic rings. The van der Waals surface area contributed by atoms with Gasteiger partial charge in [0.15, 0.2) is 5.13 Å². The zero-order valence-corrected chi connectivity index (χ0v) is 16.0. The van der Waals surface area contributed by atoms with E-state index in [-0.39, 0.29) is 11.6 Å². The minimum Gasteiger partial charge on any atom is -0.496 e. The Hall–Kier alpha value is -3.20. The van der Waals surface area contributed by atoms with Crippen molar-refractivity contribution in [1.82, 2.24) is 9.88 Å². The van der Waals surface area contributed by atoms with Gasteiger partial charge in [0.2, 0.25) is 0 Å². The minimum absolute atomic E-state index is 0.0444. The summed E-state index contributed by atoms with van der Waals surface area (Å²) in [5.74, 6) is 0.528. The van der Waals surface area contributed by atoms with Gasteiger partial charge >= 0.3 is 0 Å². The number of amides is 1. The summed E-state index contributed by atoms with van der Waals surface area (Å²) in [6.07, 6.45) is 0. The summed E-state index contributed by atoms with van der Waals surface area (Å²) in [4.78, 5) is 31.9. The zero-order chi connectivity index (χ0) is 19.7. The average Bonchev–Trinajstić information content (AvgIpc) is 3.16. The topological polar surface area (TPSA) is 88.8 Å². The second-order valence-electron chi connectivity index (χ2n) is 6.39. The van der Waals surface area contributed by atoms with E-state index in [1.54, 1.807) is 31.4 Å². The van der Waals surface area contributed by atoms with Crippen LogP contribution in [0.2, 0.25) is 0 Å². The molecule has 0 radical (unpaired) electrons. The fourth-order valence-corrected chi connectivity index (χ4v) is 4.29. The number of piperazine rings is 1. The van der Waals surface area contributed by atoms with E-state index >= 15 is 0 Å². The van der Waals surface area contributed by atoms with Gasteiger partial charge in [0.25, 0.3) is 11.6 Å². The lowest BCUT2D eigenvalue weighted by Crippen LogP contribution is -2.48. The molecule has 2 aromatic carbocycles. The number of aromatic nitrogens is 1. The number of benzene rings is 2. The molecule has 0 saturated carbocycles. The number of non-ortho nitro benzene ring substituents is 1. The molecule has 1 aromatic heterocycles. The molecule has 0 spiro atoms. The molecular weight excluding hydrogens is 380 g/mol. The number of nitro benzene ring substituents is 1. The van der Waals surface area contributed by atoms with Crippen molar-refractivity contribution in [3.63, 3.8) is 0 Å². The van der Waals surface area contributed by atoms with Crippen LogP contribution in [-0.4, -0.2) is 54.0 Å². The Morgan fingerprint density at radius 3 is 2.64 bits per heavy atom. The Balaban J connectivity index is 1.47. The lowest BCUT2D eigenvalue weighted by atomic mass is 10.1. The molecule has 1 saturated heterocycles. The van der Waals surface area contributed by atoms with Crippen molar-refractivity contribution in [1.29, 1.82) is 0 Å². The first kappa shape index (κ1) is 18.2. The van der Waals surface area contributed by atoms with Crippen LogP contribution in [0.1, 0.15) is 10.4 Å². The van der Waals surface area contributed by atoms with Crippen molar-refractivity contribution < 1.29 is 14.5 Å². The molecule has 0 atom stereocenters. The van der Waals surface area contributed by atoms with Crippen LogP contribution in [0.25, 0.3) is 10.2 Å². The fraction of sp³-hybridized carbons (Fsp3) is 0.263. The number of anilines is 1. The Labute approximate surface area is 165 Å². The molecule has 0 bridgehead atoms. The predicted octanol–water partition coefficient (Wildman–Crippen LogP) is 3.18. The van der Waals surface area contributed by atoms with E-state index in [0.717, 1.165) is 15.3 Å². The van der Waals surface area contributed by atoms with Crippen LogP contribution in [0, 0.1) is 10.1 Å². The SMILES string of the molecule is COc1ccccc1C(=O)N1CCN(c2nc3ccc([N+](=O)[O-])cc3s2)CC1. The number of para-hydroxylation sites is 1. The summed E-state index contributed by atoms with van der Waals surface area (Å²) in [5.41, 5.74) is 1.37. The van der Waals surface area contributed by atoms with Gasteiger partial charge in [-0.1, -0.05) is 23.5 Å². The van der Waals surface area contributed by atoms with Gasteiger partial charge in [-0.25, -0.2) is 4.98 Å². The van der Waals surface area contributed by atoms with Crippen LogP contribution in [-0.2, 0) is 0 Å². The summed E-state index contributed by atoms with van der Waals surface area (Å²) < 4.78 is 6.08. The van der Waals surface area contributed by atoms with Crippen LogP contribution in [0.15, 0.2) is 42.5 Å². The Morgan fingerprint density at radius 1 is 1.18 bits per heavy atom. The van der Waals surface area contributed by atoms with Crippen LogP contribution in [0.4, 0.5) is 10.8 Å². The maximum absolute atomic E-state index is 12.8. The van der Waals surface area contributed by atoms with Gasteiger partial charge in [0.1, 0.15) is 5.75 Å². The van der Waals surface area contributed by atoms with Crippen LogP contribution < -0.4 is 9.64 Å². The Kier molecular flexibility index (Phi) is 4.82. The van der Waals surface area contributed by atoms with E-state index in [2.05, 4.69) is 9.88 Å². The number of hydrogen-bond donors (Lipinski definition) is 0. The number of ether oxygens (including phenoxy) is 1. The first-order chi connectivity index (χ1) is 13.6. The molecule has 2 heterocycles. The van der Waals surface area contributed by atoms with Crippen molar-refractivity contribution >= 4 is 38.3 Å². The number of nitrogens with zero attached hydrogens (tertiary/aromatic N) is 4. The first-order valence-electron chi connectivity index (χ1n) is 8.79. The number of nitro groups is 1. The van der Waals surface area contributed by atoms with Gasteiger partial charge in [-0.2, -0.15) is 0 Å². The summed E-state index contributed by atoms with van der Waals surface area (Å²) in [6.45, 7) is 2.46. The van der Waals surface area contributed by atoms with Crippen molar-refractivity contribution in [2.45, 2.75) is 0 Å². The molecule has 28 heavy (non-hydrogen) atoms. The van der Waals surface area contributed by atoms with Crippen LogP contribution in [0.5, 0.6) is 5.75 Å². The average molecular weight is 398 g/mol. The smallest absolute Gasteiger partial charge is 0.270 e. The number of carbonyl (C=O) groups is 1. The number of thiazole rings is 1. The number of carbonyl (C=O) groups excluding carboxylic acids is 1. The zero-order valence-electron chi connectivity index (χ0n) is 15.2. The van der Waals surface area contributed by atoms with E-state index < -0.39 is 4.92 Å². The fourth-order valence-electron chi connectivity index (χ4n) is 3.24. The molecule has 0 N–H and O–H groups in total. The highest BCUT2D eigenvalue weighted by Crippen LogP contribution is 2.32. The molecule has 4 rings (SSSR count). The van der Waals surface area contributed by atoms with Crippen molar-refractivity contribution in [2.75, 3.05) is 38.2 Å². The van der Waals surface area contributed by atoms with Gasteiger partial charge in [0.05, 0.1) is 27.8 Å². The van der Waals surface area contributed by atoms with Crippen LogP contribution in [0.3, 0.4) is 0 Å². The monoisotopic (exact) mass is 398 g/mol. The number of fused-ring (bicyclic) bond motifs is 1. The third-order valence-corrected chi connectivity index (χ3v) is 5.83. The van der Waals surface area contributed by atoms with Gasteiger partial charge < -0.3 is 14.5 Å². The third kappa shape index (κ3) is 3.36. The van der Waals surface area contributed by atoms with E-state index in [0.29, 0.717) is 37.5 Å². The molecule has 9 heteroatoms. The Morgan fingerprint density at radius 2 is 1.93 bits per heavy atom. The molecule has 144 valence electrons. The van der Waals surface area contributed by atoms with Gasteiger partial charge in [-0.3, -0.25) is 14.9 Å². The molecule has 1 fully saturated rings. The lowest BCUT2D eigenvalue weighted by molar-refractivity contribution is -0.384. The molecule has 1 amide bonds. The van der Waals surface area contributed by atoms with E-state index in [1.165, 1.54) is 17.4 Å². The quantitative estimate of drug-likeness (QED) is 0.495. The molecular formula is C19H18N4O4S. The highest BCUT2D eigenvalue weighted by molar-refractivity contribution is 7.22. The molecule has 0 unspecified atom stereocenters. The van der Waals surface area contributed by atoms with Crippen molar-refractivity contribution in [3.05, 3.63) is 58.1 Å². The lowest BCUT2D eigenvalue weighted by Gasteiger charge is -2.34. The van der Waals surface area contributed by atoms with Crippen molar-refractivity contribution in [2.24, 2.45) is 0 Å². The molecule has 8 nitrogen and oxygen atoms in total. The maximum Gasteiger partial charge on any atom is 0.270 e. The second kappa shape index (κ2) is 7.43. The van der Waals surface area contributed by atoms with Gasteiger partial charge in [0, 0.05) is 38.3 Å². The largest absolute Gasteiger partial charge is 0.496 e. The third-order valence-electron chi connectivity index (χ3n) is 4.75. The highest BCUT2D eigenvalue weighted by Gasteiger charge is 2.25. The summed E-state index contributed by atoms with van der Waals surface area (Å²) >= 11 is 1.43. The Bertz CT molecular complexity index is 1040. The number of rotatable bonds is 4. The van der Waals surface area contributed by atoms with E-state index in [1.807, 2.05) is 17.0 Å². The van der Waals surface area contributed by atoms with Crippen LogP contribution >= 0.6 is 11.3 Å². The standard InChI is InChI=1S/C19H18N4O4S/c1-27-16-5-3-2-4-14(16)18(24)21-8-10-22(11-9-21)19-20-15-7-6-13(23(25)26)12-17(15)28-19/h2-7,12H,8-11H2,1H3. The highest BCUT2D eigenvalue weighted by atomic mass is 32.1. The molecule has 0 aliphatic carbocycles. The van der Waals surface area contributed by atoms with Crippen molar-refractivity contribution in [3.8, 4) is 5.75 Å². The van der Waals surface area contributed by atoms with Gasteiger partial charge in [-0.05, 0) is 18.2 Å². The first-order valence-corrected chi connectivity index (χ1v) is 9.60. The van der Waals surface area contributed by atoms with Gasteiger partial charge in [-0.15, -0.1) is 0 Å². The summed E-state index contributed by atoms with van der Waals surface area (Å²) in [5, 5.41) is 11.8. The number of hydrogen-bond acceptors (Lipinski definition) is 7. The number of methoxy groups -OCH3 is 1. The second-order valence-corrected chi connectivity index (χ2v) is 7.39. The maximum atomic E-state index is 12.8. The molecule has 1 aliphatic heterocycles. The predicted molar refractivity (Wildman–Crippen MR) is 107 cm³/mol. The summed E-state index contributed by atoms with van der Waals surface area (Å²) in [7, 11) is 1.56. The minimum atomic E-state index is -0.402. The summed E-state index contributed by atoms with van der Waals surface area (Å²) in [6, 6.07) is 11.9. The normalized spacial score (nSPS) is 14.3. The van der Waals surface area contributed by atoms with E-state index in [9.17, 15) is 14.9 Å².